The number of hydrogen-bond acceptors (Lipinski definition) is 1. The molecule has 1 aliphatic carbocycles. The van der Waals surface area contributed by atoms with E-state index in [2.05, 4.69) is 18.2 Å². The van der Waals surface area contributed by atoms with E-state index in [0.29, 0.717) is 0 Å². The molecule has 1 heteroatoms. The number of benzene rings is 2. The van der Waals surface area contributed by atoms with E-state index in [-0.39, 0.29) is 5.78 Å². The van der Waals surface area contributed by atoms with Crippen LogP contribution in [0.2, 0.25) is 0 Å². The van der Waals surface area contributed by atoms with Gasteiger partial charge in [-0.3, -0.25) is 4.79 Å². The molecule has 0 unspecified atom stereocenters. The molecule has 0 fully saturated rings. The molecule has 0 saturated heterocycles. The molecule has 0 amide bonds. The molecule has 3 rings (SSSR count). The molecule has 19 heavy (non-hydrogen) atoms. The van der Waals surface area contributed by atoms with Crippen LogP contribution in [-0.2, 0) is 6.42 Å². The number of ketones is 1. The number of rotatable bonds is 1. The van der Waals surface area contributed by atoms with E-state index in [9.17, 15) is 4.79 Å². The molecule has 2 aromatic rings. The Morgan fingerprint density at radius 3 is 2.37 bits per heavy atom. The third-order valence-electron chi connectivity index (χ3n) is 3.35. The average Bonchev–Trinajstić information content (AvgIpc) is 2.46. The first-order valence-electron chi connectivity index (χ1n) is 6.40. The van der Waals surface area contributed by atoms with E-state index in [1.807, 2.05) is 48.5 Å². The highest BCUT2D eigenvalue weighted by molar-refractivity contribution is 6.07. The van der Waals surface area contributed by atoms with Crippen molar-refractivity contribution >= 4 is 11.4 Å². The summed E-state index contributed by atoms with van der Waals surface area (Å²) in [4.78, 5) is 12.1. The van der Waals surface area contributed by atoms with Crippen molar-refractivity contribution in [3.05, 3.63) is 89.5 Å². The summed E-state index contributed by atoms with van der Waals surface area (Å²) in [5, 5.41) is 0. The molecule has 0 heterocycles. The summed E-state index contributed by atoms with van der Waals surface area (Å²) in [5.41, 5.74) is 4.14. The molecule has 1 nitrogen and oxygen atoms in total. The van der Waals surface area contributed by atoms with Gasteiger partial charge in [-0.25, -0.2) is 0 Å². The maximum Gasteiger partial charge on any atom is 0.186 e. The molecule has 1 aliphatic rings. The lowest BCUT2D eigenvalue weighted by Gasteiger charge is -2.09. The summed E-state index contributed by atoms with van der Waals surface area (Å²) in [6.07, 6.45) is 6.54. The lowest BCUT2D eigenvalue weighted by atomic mass is 9.94. The van der Waals surface area contributed by atoms with Gasteiger partial charge in [-0.05, 0) is 29.2 Å². The highest BCUT2D eigenvalue weighted by atomic mass is 16.1. The standard InChI is InChI=1S/C18H14O/c19-18-13-12-15(14-6-2-1-3-7-14)10-11-16-8-4-5-9-17(16)18/h1-10,12-13H,11H2/b13-12-,15-10+. The second-order valence-electron chi connectivity index (χ2n) is 4.58. The van der Waals surface area contributed by atoms with E-state index in [1.165, 1.54) is 0 Å². The minimum atomic E-state index is 0.0807. The minimum Gasteiger partial charge on any atom is -0.289 e. The number of allylic oxidation sites excluding steroid dienone is 4. The highest BCUT2D eigenvalue weighted by Gasteiger charge is 2.10. The molecule has 0 aromatic heterocycles. The SMILES string of the molecule is O=C1/C=C\C(c2ccccc2)=C/Cc2ccccc21. The predicted octanol–water partition coefficient (Wildman–Crippen LogP) is 4.07. The zero-order chi connectivity index (χ0) is 13.1. The zero-order valence-corrected chi connectivity index (χ0v) is 10.5. The second-order valence-corrected chi connectivity index (χ2v) is 4.58. The second kappa shape index (κ2) is 5.07. The number of fused-ring (bicyclic) bond motifs is 1. The lowest BCUT2D eigenvalue weighted by molar-refractivity contribution is 0.104. The van der Waals surface area contributed by atoms with Gasteiger partial charge in [0.25, 0.3) is 0 Å². The van der Waals surface area contributed by atoms with Crippen LogP contribution in [0.25, 0.3) is 5.57 Å². The fourth-order valence-electron chi connectivity index (χ4n) is 2.33. The van der Waals surface area contributed by atoms with Crippen LogP contribution in [0.4, 0.5) is 0 Å². The Bertz CT molecular complexity index is 663. The Balaban J connectivity index is 2.04. The van der Waals surface area contributed by atoms with Gasteiger partial charge in [-0.1, -0.05) is 66.7 Å². The van der Waals surface area contributed by atoms with Crippen molar-refractivity contribution in [2.24, 2.45) is 0 Å². The molecule has 0 bridgehead atoms. The van der Waals surface area contributed by atoms with Crippen LogP contribution in [0.1, 0.15) is 21.5 Å². The van der Waals surface area contributed by atoms with Crippen molar-refractivity contribution in [2.75, 3.05) is 0 Å². The van der Waals surface area contributed by atoms with Crippen molar-refractivity contribution in [3.8, 4) is 0 Å². The van der Waals surface area contributed by atoms with Crippen LogP contribution in [0.15, 0.2) is 72.8 Å². The van der Waals surface area contributed by atoms with Crippen LogP contribution in [0, 0.1) is 0 Å². The van der Waals surface area contributed by atoms with Gasteiger partial charge in [-0.2, -0.15) is 0 Å². The fraction of sp³-hybridized carbons (Fsp3) is 0.0556. The van der Waals surface area contributed by atoms with Gasteiger partial charge < -0.3 is 0 Å². The van der Waals surface area contributed by atoms with Gasteiger partial charge in [0.15, 0.2) is 5.78 Å². The van der Waals surface area contributed by atoms with Gasteiger partial charge in [0.2, 0.25) is 0 Å². The van der Waals surface area contributed by atoms with Gasteiger partial charge in [0.05, 0.1) is 0 Å². The first-order valence-corrected chi connectivity index (χ1v) is 6.40. The van der Waals surface area contributed by atoms with Crippen LogP contribution < -0.4 is 0 Å². The first kappa shape index (κ1) is 11.7. The first-order chi connectivity index (χ1) is 9.34. The topological polar surface area (TPSA) is 17.1 Å². The van der Waals surface area contributed by atoms with Crippen LogP contribution in [-0.4, -0.2) is 5.78 Å². The zero-order valence-electron chi connectivity index (χ0n) is 10.5. The summed E-state index contributed by atoms with van der Waals surface area (Å²) in [7, 11) is 0. The molecule has 2 aromatic carbocycles. The molecular formula is C18H14O. The Hall–Kier alpha value is -2.41. The van der Waals surface area contributed by atoms with Gasteiger partial charge >= 0.3 is 0 Å². The van der Waals surface area contributed by atoms with Gasteiger partial charge in [0, 0.05) is 5.56 Å². The maximum absolute atomic E-state index is 12.1. The average molecular weight is 246 g/mol. The van der Waals surface area contributed by atoms with E-state index < -0.39 is 0 Å². The summed E-state index contributed by atoms with van der Waals surface area (Å²) in [5.74, 6) is 0.0807. The Morgan fingerprint density at radius 2 is 1.53 bits per heavy atom. The third kappa shape index (κ3) is 2.41. The van der Waals surface area contributed by atoms with Crippen LogP contribution in [0.3, 0.4) is 0 Å². The lowest BCUT2D eigenvalue weighted by Crippen LogP contribution is -2.02. The van der Waals surface area contributed by atoms with Crippen LogP contribution >= 0.6 is 0 Å². The smallest absolute Gasteiger partial charge is 0.186 e. The van der Waals surface area contributed by atoms with Crippen molar-refractivity contribution in [3.63, 3.8) is 0 Å². The van der Waals surface area contributed by atoms with Gasteiger partial charge in [0.1, 0.15) is 0 Å². The molecule has 0 spiro atoms. The Labute approximate surface area is 112 Å². The maximum atomic E-state index is 12.1. The van der Waals surface area contributed by atoms with Crippen molar-refractivity contribution in [1.29, 1.82) is 0 Å². The van der Waals surface area contributed by atoms with E-state index >= 15 is 0 Å². The van der Waals surface area contributed by atoms with E-state index in [0.717, 1.165) is 28.7 Å². The molecule has 0 radical (unpaired) electrons. The number of carbonyl (C=O) groups is 1. The summed E-state index contributed by atoms with van der Waals surface area (Å²) >= 11 is 0. The van der Waals surface area contributed by atoms with Crippen molar-refractivity contribution in [1.82, 2.24) is 0 Å². The molecule has 0 N–H and O–H groups in total. The summed E-state index contributed by atoms with van der Waals surface area (Å²) in [6, 6.07) is 18.0. The number of carbonyl (C=O) groups excluding carboxylic acids is 1. The van der Waals surface area contributed by atoms with E-state index in [4.69, 9.17) is 0 Å². The fourth-order valence-corrected chi connectivity index (χ4v) is 2.33. The molecule has 0 aliphatic heterocycles. The number of hydrogen-bond donors (Lipinski definition) is 0. The summed E-state index contributed by atoms with van der Waals surface area (Å²) < 4.78 is 0. The molecule has 0 atom stereocenters. The van der Waals surface area contributed by atoms with Crippen molar-refractivity contribution < 1.29 is 4.79 Å². The van der Waals surface area contributed by atoms with Crippen LogP contribution in [0.5, 0.6) is 0 Å². The quantitative estimate of drug-likeness (QED) is 0.741. The molecule has 0 saturated carbocycles. The largest absolute Gasteiger partial charge is 0.289 e. The third-order valence-corrected chi connectivity index (χ3v) is 3.35. The van der Waals surface area contributed by atoms with Gasteiger partial charge in [-0.15, -0.1) is 0 Å². The minimum absolute atomic E-state index is 0.0807. The molecular weight excluding hydrogens is 232 g/mol. The van der Waals surface area contributed by atoms with E-state index in [1.54, 1.807) is 6.08 Å². The normalized spacial score (nSPS) is 18.7. The summed E-state index contributed by atoms with van der Waals surface area (Å²) in [6.45, 7) is 0. The Kier molecular flexibility index (Phi) is 3.11. The molecule has 92 valence electrons. The predicted molar refractivity (Wildman–Crippen MR) is 78.0 cm³/mol. The highest BCUT2D eigenvalue weighted by Crippen LogP contribution is 2.21. The monoisotopic (exact) mass is 246 g/mol. The van der Waals surface area contributed by atoms with Crippen molar-refractivity contribution in [2.45, 2.75) is 6.42 Å². The Morgan fingerprint density at radius 1 is 0.789 bits per heavy atom.